The van der Waals surface area contributed by atoms with Crippen molar-refractivity contribution in [1.29, 1.82) is 0 Å². The number of likely N-dealkylation sites (N-methyl/N-ethyl adjacent to an activating group) is 1. The molecule has 2 aliphatic heterocycles. The smallest absolute Gasteiger partial charge is 0.324 e. The minimum atomic E-state index is -0.392. The summed E-state index contributed by atoms with van der Waals surface area (Å²) in [6.07, 6.45) is 1.20. The van der Waals surface area contributed by atoms with E-state index in [9.17, 15) is 9.59 Å². The maximum absolute atomic E-state index is 13.0. The number of hydrogen-bond acceptors (Lipinski definition) is 4. The van der Waals surface area contributed by atoms with Gasteiger partial charge in [0.2, 0.25) is 6.79 Å². The van der Waals surface area contributed by atoms with E-state index < -0.39 is 6.04 Å². The summed E-state index contributed by atoms with van der Waals surface area (Å²) in [5.41, 5.74) is 2.29. The molecule has 0 aromatic heterocycles. The monoisotopic (exact) mass is 342 g/mol. The van der Waals surface area contributed by atoms with E-state index in [1.165, 1.54) is 0 Å². The Morgan fingerprint density at radius 1 is 1.08 bits per heavy atom. The van der Waals surface area contributed by atoms with Crippen LogP contribution >= 0.6 is 0 Å². The average Bonchev–Trinajstić information content (AvgIpc) is 3.01. The largest absolute Gasteiger partial charge is 0.454 e. The molecule has 0 spiro atoms. The minimum Gasteiger partial charge on any atom is -0.454 e. The molecule has 1 atom stereocenters. The molecule has 0 radical (unpaired) electrons. The lowest BCUT2D eigenvalue weighted by atomic mass is 9.72. The Kier molecular flexibility index (Phi) is 3.36. The van der Waals surface area contributed by atoms with E-state index >= 15 is 0 Å². The van der Waals surface area contributed by atoms with Crippen LogP contribution in [-0.4, -0.2) is 42.5 Å². The molecule has 132 valence electrons. The molecule has 1 unspecified atom stereocenters. The molecule has 1 aromatic rings. The fraction of sp³-hybridized carbons (Fsp3) is 0.474. The van der Waals surface area contributed by atoms with Gasteiger partial charge in [0.25, 0.3) is 0 Å². The number of nitrogens with zero attached hydrogens (tertiary/aromatic N) is 2. The summed E-state index contributed by atoms with van der Waals surface area (Å²) >= 11 is 0. The van der Waals surface area contributed by atoms with Crippen LogP contribution in [0.15, 0.2) is 29.5 Å². The Hall–Kier alpha value is -2.50. The fourth-order valence-electron chi connectivity index (χ4n) is 4.04. The molecule has 6 nitrogen and oxygen atoms in total. The Bertz CT molecular complexity index is 812. The van der Waals surface area contributed by atoms with Crippen molar-refractivity contribution >= 4 is 11.8 Å². The highest BCUT2D eigenvalue weighted by Gasteiger charge is 2.45. The molecule has 2 amide bonds. The summed E-state index contributed by atoms with van der Waals surface area (Å²) in [5, 5.41) is 0. The Balaban J connectivity index is 1.86. The van der Waals surface area contributed by atoms with Crippen LogP contribution < -0.4 is 9.47 Å². The highest BCUT2D eigenvalue weighted by atomic mass is 16.7. The number of urea groups is 1. The third-order valence-electron chi connectivity index (χ3n) is 5.26. The van der Waals surface area contributed by atoms with Crippen molar-refractivity contribution in [2.45, 2.75) is 32.7 Å². The zero-order valence-electron chi connectivity index (χ0n) is 15.0. The zero-order chi connectivity index (χ0) is 17.9. The van der Waals surface area contributed by atoms with E-state index in [1.54, 1.807) is 23.9 Å². The summed E-state index contributed by atoms with van der Waals surface area (Å²) < 4.78 is 10.8. The molecule has 3 aliphatic rings. The van der Waals surface area contributed by atoms with Crippen LogP contribution in [0.1, 0.15) is 38.3 Å². The average molecular weight is 342 g/mol. The van der Waals surface area contributed by atoms with Crippen molar-refractivity contribution in [2.75, 3.05) is 20.9 Å². The summed E-state index contributed by atoms with van der Waals surface area (Å²) in [4.78, 5) is 29.0. The first-order valence-electron chi connectivity index (χ1n) is 8.45. The van der Waals surface area contributed by atoms with Crippen LogP contribution in [0.3, 0.4) is 0 Å². The molecule has 0 bridgehead atoms. The van der Waals surface area contributed by atoms with Gasteiger partial charge in [-0.3, -0.25) is 4.79 Å². The van der Waals surface area contributed by atoms with Crippen LogP contribution in [0.25, 0.3) is 0 Å². The van der Waals surface area contributed by atoms with Gasteiger partial charge in [-0.25, -0.2) is 4.79 Å². The highest BCUT2D eigenvalue weighted by molar-refractivity contribution is 6.01. The van der Waals surface area contributed by atoms with Crippen molar-refractivity contribution in [3.8, 4) is 11.5 Å². The molecule has 4 rings (SSSR count). The Morgan fingerprint density at radius 3 is 2.56 bits per heavy atom. The van der Waals surface area contributed by atoms with Crippen molar-refractivity contribution in [2.24, 2.45) is 5.41 Å². The summed E-state index contributed by atoms with van der Waals surface area (Å²) in [5.74, 6) is 1.46. The highest BCUT2D eigenvalue weighted by Crippen LogP contribution is 2.47. The van der Waals surface area contributed by atoms with Gasteiger partial charge in [-0.05, 0) is 29.5 Å². The SMILES string of the molecule is CN1C(=O)N(C)C(c2ccc3c(c2)OCO3)C2=C1CC(C)(C)CC2=O. The number of rotatable bonds is 1. The first kappa shape index (κ1) is 16.0. The number of carbonyl (C=O) groups excluding carboxylic acids is 2. The number of hydrogen-bond donors (Lipinski definition) is 0. The van der Waals surface area contributed by atoms with Gasteiger partial charge >= 0.3 is 6.03 Å². The van der Waals surface area contributed by atoms with Gasteiger partial charge < -0.3 is 19.3 Å². The van der Waals surface area contributed by atoms with Crippen molar-refractivity contribution in [3.63, 3.8) is 0 Å². The number of carbonyl (C=O) groups is 2. The van der Waals surface area contributed by atoms with Crippen molar-refractivity contribution in [3.05, 3.63) is 35.0 Å². The molecule has 1 aliphatic carbocycles. The molecule has 2 heterocycles. The molecule has 25 heavy (non-hydrogen) atoms. The van der Waals surface area contributed by atoms with Gasteiger partial charge in [-0.2, -0.15) is 0 Å². The van der Waals surface area contributed by atoms with E-state index in [-0.39, 0.29) is 24.0 Å². The maximum atomic E-state index is 13.0. The normalized spacial score (nSPS) is 24.7. The number of amides is 2. The molecular formula is C19H22N2O4. The first-order chi connectivity index (χ1) is 11.8. The van der Waals surface area contributed by atoms with Gasteiger partial charge in [0.05, 0.1) is 6.04 Å². The standard InChI is InChI=1S/C19H22N2O4/c1-19(2)8-12-16(13(22)9-19)17(21(4)18(23)20(12)3)11-5-6-14-15(7-11)25-10-24-14/h5-7,17H,8-10H2,1-4H3. The molecule has 0 fully saturated rings. The number of Topliss-reactive ketones (excluding diaryl/α,β-unsaturated/α-hetero) is 1. The molecular weight excluding hydrogens is 320 g/mol. The van der Waals surface area contributed by atoms with Gasteiger partial charge in [0, 0.05) is 31.8 Å². The van der Waals surface area contributed by atoms with E-state index in [1.807, 2.05) is 18.2 Å². The predicted octanol–water partition coefficient (Wildman–Crippen LogP) is 3.10. The number of ketones is 1. The zero-order valence-corrected chi connectivity index (χ0v) is 15.0. The van der Waals surface area contributed by atoms with Gasteiger partial charge in [0.1, 0.15) is 0 Å². The second-order valence-corrected chi connectivity index (χ2v) is 7.77. The Labute approximate surface area is 147 Å². The van der Waals surface area contributed by atoms with Gasteiger partial charge in [0.15, 0.2) is 17.3 Å². The fourth-order valence-corrected chi connectivity index (χ4v) is 4.04. The lowest BCUT2D eigenvalue weighted by Gasteiger charge is -2.45. The summed E-state index contributed by atoms with van der Waals surface area (Å²) in [6, 6.07) is 5.12. The quantitative estimate of drug-likeness (QED) is 0.787. The van der Waals surface area contributed by atoms with Crippen LogP contribution in [0.4, 0.5) is 4.79 Å². The van der Waals surface area contributed by atoms with Crippen molar-refractivity contribution in [1.82, 2.24) is 9.80 Å². The molecule has 0 saturated heterocycles. The molecule has 1 aromatic carbocycles. The molecule has 0 saturated carbocycles. The van der Waals surface area contributed by atoms with Crippen LogP contribution in [0.5, 0.6) is 11.5 Å². The lowest BCUT2D eigenvalue weighted by molar-refractivity contribution is -0.119. The maximum Gasteiger partial charge on any atom is 0.324 e. The third-order valence-corrected chi connectivity index (χ3v) is 5.26. The van der Waals surface area contributed by atoms with Crippen LogP contribution in [0, 0.1) is 5.41 Å². The van der Waals surface area contributed by atoms with Crippen LogP contribution in [0.2, 0.25) is 0 Å². The number of ether oxygens (including phenoxy) is 2. The van der Waals surface area contributed by atoms with E-state index in [4.69, 9.17) is 9.47 Å². The topological polar surface area (TPSA) is 59.1 Å². The second kappa shape index (κ2) is 5.25. The van der Waals surface area contributed by atoms with E-state index in [2.05, 4.69) is 13.8 Å². The van der Waals surface area contributed by atoms with Gasteiger partial charge in [-0.1, -0.05) is 19.9 Å². The van der Waals surface area contributed by atoms with E-state index in [0.29, 0.717) is 24.3 Å². The number of allylic oxidation sites excluding steroid dienone is 1. The lowest BCUT2D eigenvalue weighted by Crippen LogP contribution is -2.50. The van der Waals surface area contributed by atoms with Crippen molar-refractivity contribution < 1.29 is 19.1 Å². The number of benzene rings is 1. The second-order valence-electron chi connectivity index (χ2n) is 7.77. The minimum absolute atomic E-state index is 0.105. The Morgan fingerprint density at radius 2 is 1.80 bits per heavy atom. The number of fused-ring (bicyclic) bond motifs is 1. The molecule has 0 N–H and O–H groups in total. The third kappa shape index (κ3) is 2.39. The molecule has 6 heteroatoms. The van der Waals surface area contributed by atoms with Crippen LogP contribution in [-0.2, 0) is 4.79 Å². The van der Waals surface area contributed by atoms with Gasteiger partial charge in [-0.15, -0.1) is 0 Å². The van der Waals surface area contributed by atoms with E-state index in [0.717, 1.165) is 16.8 Å². The predicted molar refractivity (Wildman–Crippen MR) is 91.3 cm³/mol. The summed E-state index contributed by atoms with van der Waals surface area (Å²) in [6.45, 7) is 4.34. The summed E-state index contributed by atoms with van der Waals surface area (Å²) in [7, 11) is 3.49. The first-order valence-corrected chi connectivity index (χ1v) is 8.45.